The zero-order valence-electron chi connectivity index (χ0n) is 17.3. The van der Waals surface area contributed by atoms with Gasteiger partial charge in [-0.3, -0.25) is 4.79 Å². The van der Waals surface area contributed by atoms with Crippen LogP contribution in [0, 0.1) is 17.8 Å². The first-order valence-electron chi connectivity index (χ1n) is 10.0. The summed E-state index contributed by atoms with van der Waals surface area (Å²) in [7, 11) is 0. The summed E-state index contributed by atoms with van der Waals surface area (Å²) in [5, 5.41) is 11.1. The number of hydrogen-bond acceptors (Lipinski definition) is 8. The second-order valence-corrected chi connectivity index (χ2v) is 8.56. The number of carbonyl (C=O) groups excluding carboxylic acids is 3. The number of fused-ring (bicyclic) bond motifs is 5. The van der Waals surface area contributed by atoms with E-state index < -0.39 is 47.7 Å². The number of esters is 3. The third-order valence-electron chi connectivity index (χ3n) is 6.96. The summed E-state index contributed by atoms with van der Waals surface area (Å²) in [6, 6.07) is 0. The molecule has 4 rings (SSSR count). The first-order valence-corrected chi connectivity index (χ1v) is 10.0. The minimum atomic E-state index is -1.20. The molecular weight excluding hydrogens is 392 g/mol. The van der Waals surface area contributed by atoms with E-state index in [0.29, 0.717) is 12.0 Å². The number of epoxide rings is 1. The standard InChI is InChI=1S/C22H26O8/c1-6-12(8-27-11(4)23)21(26)29-19-15-10(3)20(25)28-18(15)16-13(9(2)17(19)24)7-14-22(16,5)30-14/h6,13-19,24H,2-3,7-8H2,1,4-5H3/b12-6+/t13-,14+,15-,16-,17+,18+,19-,22+/m0/s1. The van der Waals surface area contributed by atoms with Crippen LogP contribution in [0.4, 0.5) is 0 Å². The average molecular weight is 418 g/mol. The van der Waals surface area contributed by atoms with Gasteiger partial charge in [0.1, 0.15) is 24.9 Å². The van der Waals surface area contributed by atoms with Gasteiger partial charge in [0.25, 0.3) is 0 Å². The summed E-state index contributed by atoms with van der Waals surface area (Å²) < 4.78 is 22.1. The molecule has 8 atom stereocenters. The highest BCUT2D eigenvalue weighted by Crippen LogP contribution is 2.63. The first-order chi connectivity index (χ1) is 14.1. The maximum atomic E-state index is 12.8. The highest BCUT2D eigenvalue weighted by atomic mass is 16.6. The second-order valence-electron chi connectivity index (χ2n) is 8.56. The molecule has 0 aromatic heterocycles. The van der Waals surface area contributed by atoms with Crippen molar-refractivity contribution in [3.05, 3.63) is 36.0 Å². The number of allylic oxidation sites excluding steroid dienone is 1. The molecule has 4 fully saturated rings. The Hall–Kier alpha value is -2.45. The molecule has 2 saturated carbocycles. The predicted molar refractivity (Wildman–Crippen MR) is 103 cm³/mol. The van der Waals surface area contributed by atoms with Gasteiger partial charge in [0.2, 0.25) is 0 Å². The lowest BCUT2D eigenvalue weighted by Gasteiger charge is -2.31. The van der Waals surface area contributed by atoms with E-state index in [2.05, 4.69) is 13.2 Å². The molecule has 0 amide bonds. The molecule has 0 bridgehead atoms. The van der Waals surface area contributed by atoms with E-state index >= 15 is 0 Å². The molecule has 1 N–H and O–H groups in total. The number of aliphatic hydroxyl groups is 1. The zero-order valence-corrected chi connectivity index (χ0v) is 17.3. The Bertz CT molecular complexity index is 872. The molecule has 2 aliphatic heterocycles. The number of ether oxygens (including phenoxy) is 4. The molecule has 0 aromatic rings. The van der Waals surface area contributed by atoms with Crippen LogP contribution >= 0.6 is 0 Å². The van der Waals surface area contributed by atoms with Crippen molar-refractivity contribution in [2.75, 3.05) is 6.61 Å². The molecule has 0 spiro atoms. The van der Waals surface area contributed by atoms with Gasteiger partial charge in [-0.25, -0.2) is 9.59 Å². The van der Waals surface area contributed by atoms with Crippen LogP contribution in [0.1, 0.15) is 27.2 Å². The lowest BCUT2D eigenvalue weighted by atomic mass is 9.78. The smallest absolute Gasteiger partial charge is 0.337 e. The highest BCUT2D eigenvalue weighted by molar-refractivity contribution is 5.92. The Morgan fingerprint density at radius 2 is 2.07 bits per heavy atom. The van der Waals surface area contributed by atoms with Crippen molar-refractivity contribution in [1.29, 1.82) is 0 Å². The maximum Gasteiger partial charge on any atom is 0.337 e. The zero-order chi connectivity index (χ0) is 22.0. The molecule has 0 radical (unpaired) electrons. The van der Waals surface area contributed by atoms with Crippen molar-refractivity contribution in [2.45, 2.75) is 57.2 Å². The van der Waals surface area contributed by atoms with E-state index in [4.69, 9.17) is 18.9 Å². The molecule has 0 unspecified atom stereocenters. The number of carbonyl (C=O) groups is 3. The summed E-state index contributed by atoms with van der Waals surface area (Å²) in [4.78, 5) is 36.2. The molecule has 2 saturated heterocycles. The summed E-state index contributed by atoms with van der Waals surface area (Å²) in [6.45, 7) is 12.5. The average Bonchev–Trinajstić information content (AvgIpc) is 3.15. The second kappa shape index (κ2) is 7.06. The van der Waals surface area contributed by atoms with E-state index in [1.54, 1.807) is 6.92 Å². The van der Waals surface area contributed by atoms with Crippen LogP contribution in [0.2, 0.25) is 0 Å². The lowest BCUT2D eigenvalue weighted by Crippen LogP contribution is -2.43. The van der Waals surface area contributed by atoms with E-state index in [1.165, 1.54) is 13.0 Å². The fourth-order valence-corrected chi connectivity index (χ4v) is 5.25. The summed E-state index contributed by atoms with van der Waals surface area (Å²) in [6.07, 6.45) is -0.769. The van der Waals surface area contributed by atoms with Crippen molar-refractivity contribution >= 4 is 17.9 Å². The summed E-state index contributed by atoms with van der Waals surface area (Å²) in [5.41, 5.74) is 0.344. The molecule has 2 aliphatic carbocycles. The van der Waals surface area contributed by atoms with Crippen molar-refractivity contribution in [1.82, 2.24) is 0 Å². The molecule has 4 aliphatic rings. The van der Waals surface area contributed by atoms with Crippen LogP contribution in [0.15, 0.2) is 36.0 Å². The third-order valence-corrected chi connectivity index (χ3v) is 6.96. The van der Waals surface area contributed by atoms with E-state index in [-0.39, 0.29) is 35.7 Å². The van der Waals surface area contributed by atoms with Crippen molar-refractivity contribution in [3.63, 3.8) is 0 Å². The molecule has 162 valence electrons. The Morgan fingerprint density at radius 3 is 2.70 bits per heavy atom. The third kappa shape index (κ3) is 3.01. The van der Waals surface area contributed by atoms with Crippen LogP contribution < -0.4 is 0 Å². The van der Waals surface area contributed by atoms with Gasteiger partial charge in [0.05, 0.1) is 23.2 Å². The Kier molecular flexibility index (Phi) is 4.90. The van der Waals surface area contributed by atoms with Crippen molar-refractivity contribution in [2.24, 2.45) is 17.8 Å². The fraction of sp³-hybridized carbons (Fsp3) is 0.591. The Labute approximate surface area is 174 Å². The molecule has 2 heterocycles. The quantitative estimate of drug-likeness (QED) is 0.239. The van der Waals surface area contributed by atoms with E-state index in [9.17, 15) is 19.5 Å². The van der Waals surface area contributed by atoms with Gasteiger partial charge in [-0.1, -0.05) is 19.2 Å². The number of rotatable bonds is 4. The normalized spacial score (nSPS) is 41.9. The minimum absolute atomic E-state index is 0.0297. The molecule has 8 heteroatoms. The monoisotopic (exact) mass is 418 g/mol. The van der Waals surface area contributed by atoms with E-state index in [1.807, 2.05) is 6.92 Å². The predicted octanol–water partition coefficient (Wildman–Crippen LogP) is 1.23. The van der Waals surface area contributed by atoms with Gasteiger partial charge >= 0.3 is 17.9 Å². The molecular formula is C22H26O8. The highest BCUT2D eigenvalue weighted by Gasteiger charge is 2.72. The van der Waals surface area contributed by atoms with Gasteiger partial charge in [0.15, 0.2) is 0 Å². The fourth-order valence-electron chi connectivity index (χ4n) is 5.25. The summed E-state index contributed by atoms with van der Waals surface area (Å²) >= 11 is 0. The van der Waals surface area contributed by atoms with Gasteiger partial charge in [-0.15, -0.1) is 0 Å². The van der Waals surface area contributed by atoms with Crippen LogP contribution in [0.25, 0.3) is 0 Å². The van der Waals surface area contributed by atoms with Crippen LogP contribution in [0.5, 0.6) is 0 Å². The largest absolute Gasteiger partial charge is 0.461 e. The van der Waals surface area contributed by atoms with Gasteiger partial charge in [-0.05, 0) is 31.8 Å². The first kappa shape index (κ1) is 20.8. The molecule has 30 heavy (non-hydrogen) atoms. The van der Waals surface area contributed by atoms with Gasteiger partial charge < -0.3 is 24.1 Å². The topological polar surface area (TPSA) is 112 Å². The Morgan fingerprint density at radius 1 is 1.37 bits per heavy atom. The molecule has 0 aromatic carbocycles. The number of hydrogen-bond donors (Lipinski definition) is 1. The van der Waals surface area contributed by atoms with Crippen LogP contribution in [0.3, 0.4) is 0 Å². The SMILES string of the molecule is C=C1C(=O)O[C@@H]2[C@H]1[C@H](OC(=O)/C(=C/C)COC(C)=O)[C@H](O)C(=C)[C@@H]1C[C@H]3O[C@@]3(C)[C@H]21. The van der Waals surface area contributed by atoms with Gasteiger partial charge in [0, 0.05) is 18.4 Å². The van der Waals surface area contributed by atoms with Crippen LogP contribution in [-0.4, -0.2) is 59.6 Å². The maximum absolute atomic E-state index is 12.8. The number of aliphatic hydroxyl groups excluding tert-OH is 1. The van der Waals surface area contributed by atoms with Crippen LogP contribution in [-0.2, 0) is 33.3 Å². The van der Waals surface area contributed by atoms with Crippen molar-refractivity contribution < 1.29 is 38.4 Å². The molecule has 8 nitrogen and oxygen atoms in total. The summed E-state index contributed by atoms with van der Waals surface area (Å²) in [5.74, 6) is -2.91. The minimum Gasteiger partial charge on any atom is -0.461 e. The van der Waals surface area contributed by atoms with E-state index in [0.717, 1.165) is 0 Å². The van der Waals surface area contributed by atoms with Crippen molar-refractivity contribution in [3.8, 4) is 0 Å². The Balaban J connectivity index is 1.65. The lowest BCUT2D eigenvalue weighted by molar-refractivity contribution is -0.155. The van der Waals surface area contributed by atoms with Gasteiger partial charge in [-0.2, -0.15) is 0 Å².